The SMILES string of the molecule is CC(C)(CNCNN)c1ccc2c(c1)OCCO2. The van der Waals surface area contributed by atoms with Gasteiger partial charge in [0.15, 0.2) is 11.5 Å². The van der Waals surface area contributed by atoms with Crippen molar-refractivity contribution in [1.29, 1.82) is 0 Å². The van der Waals surface area contributed by atoms with Gasteiger partial charge in [-0.25, -0.2) is 5.43 Å². The summed E-state index contributed by atoms with van der Waals surface area (Å²) >= 11 is 0. The molecule has 1 aliphatic heterocycles. The van der Waals surface area contributed by atoms with E-state index in [0.29, 0.717) is 19.9 Å². The zero-order valence-electron chi connectivity index (χ0n) is 11.0. The molecule has 1 aromatic carbocycles. The molecule has 1 aromatic rings. The van der Waals surface area contributed by atoms with Crippen LogP contribution in [0.1, 0.15) is 19.4 Å². The number of benzene rings is 1. The fourth-order valence-electron chi connectivity index (χ4n) is 2.01. The maximum atomic E-state index is 5.61. The molecular formula is C13H21N3O2. The lowest BCUT2D eigenvalue weighted by Crippen LogP contribution is -2.40. The van der Waals surface area contributed by atoms with Crippen LogP contribution in [0.5, 0.6) is 11.5 Å². The number of ether oxygens (including phenoxy) is 2. The molecule has 0 saturated heterocycles. The van der Waals surface area contributed by atoms with Gasteiger partial charge in [-0.3, -0.25) is 5.84 Å². The molecule has 0 spiro atoms. The van der Waals surface area contributed by atoms with Crippen molar-refractivity contribution in [2.24, 2.45) is 5.84 Å². The molecular weight excluding hydrogens is 230 g/mol. The third kappa shape index (κ3) is 2.93. The van der Waals surface area contributed by atoms with Crippen LogP contribution in [-0.4, -0.2) is 26.4 Å². The zero-order valence-corrected chi connectivity index (χ0v) is 11.0. The predicted molar refractivity (Wildman–Crippen MR) is 70.7 cm³/mol. The topological polar surface area (TPSA) is 68.5 Å². The Morgan fingerprint density at radius 2 is 1.94 bits per heavy atom. The number of hydrogen-bond donors (Lipinski definition) is 3. The summed E-state index contributed by atoms with van der Waals surface area (Å²) in [6.07, 6.45) is 0. The van der Waals surface area contributed by atoms with Gasteiger partial charge >= 0.3 is 0 Å². The van der Waals surface area contributed by atoms with E-state index in [1.165, 1.54) is 5.56 Å². The average molecular weight is 251 g/mol. The lowest BCUT2D eigenvalue weighted by molar-refractivity contribution is 0.171. The van der Waals surface area contributed by atoms with Crippen molar-refractivity contribution >= 4 is 0 Å². The second kappa shape index (κ2) is 5.56. The summed E-state index contributed by atoms with van der Waals surface area (Å²) in [5.41, 5.74) is 3.81. The van der Waals surface area contributed by atoms with Crippen molar-refractivity contribution in [3.05, 3.63) is 23.8 Å². The molecule has 0 radical (unpaired) electrons. The summed E-state index contributed by atoms with van der Waals surface area (Å²) < 4.78 is 11.1. The molecule has 0 aliphatic carbocycles. The molecule has 2 rings (SSSR count). The first kappa shape index (κ1) is 13.1. The van der Waals surface area contributed by atoms with Crippen molar-refractivity contribution in [3.63, 3.8) is 0 Å². The van der Waals surface area contributed by atoms with E-state index >= 15 is 0 Å². The summed E-state index contributed by atoms with van der Waals surface area (Å²) in [6.45, 7) is 7.03. The van der Waals surface area contributed by atoms with Crippen molar-refractivity contribution in [2.75, 3.05) is 26.4 Å². The largest absolute Gasteiger partial charge is 0.486 e. The van der Waals surface area contributed by atoms with Gasteiger partial charge in [0.1, 0.15) is 13.2 Å². The Kier molecular flexibility index (Phi) is 4.06. The third-order valence-electron chi connectivity index (χ3n) is 3.12. The molecule has 0 bridgehead atoms. The van der Waals surface area contributed by atoms with E-state index in [9.17, 15) is 0 Å². The Morgan fingerprint density at radius 1 is 1.22 bits per heavy atom. The Labute approximate surface area is 108 Å². The van der Waals surface area contributed by atoms with Crippen molar-refractivity contribution in [2.45, 2.75) is 19.3 Å². The molecule has 0 atom stereocenters. The molecule has 0 fully saturated rings. The molecule has 100 valence electrons. The Hall–Kier alpha value is -1.30. The first-order valence-electron chi connectivity index (χ1n) is 6.18. The van der Waals surface area contributed by atoms with E-state index in [-0.39, 0.29) is 5.41 Å². The van der Waals surface area contributed by atoms with Crippen LogP contribution in [0.15, 0.2) is 18.2 Å². The second-order valence-corrected chi connectivity index (χ2v) is 5.05. The lowest BCUT2D eigenvalue weighted by atomic mass is 9.84. The minimum atomic E-state index is 0.00663. The molecule has 0 unspecified atom stereocenters. The molecule has 0 saturated carbocycles. The Morgan fingerprint density at radius 3 is 2.67 bits per heavy atom. The van der Waals surface area contributed by atoms with Gasteiger partial charge in [-0.15, -0.1) is 0 Å². The van der Waals surface area contributed by atoms with Gasteiger partial charge < -0.3 is 14.8 Å². The number of fused-ring (bicyclic) bond motifs is 1. The zero-order chi connectivity index (χ0) is 13.0. The van der Waals surface area contributed by atoms with Crippen LogP contribution in [-0.2, 0) is 5.41 Å². The second-order valence-electron chi connectivity index (χ2n) is 5.05. The molecule has 5 heteroatoms. The van der Waals surface area contributed by atoms with Gasteiger partial charge in [-0.05, 0) is 17.7 Å². The van der Waals surface area contributed by atoms with Gasteiger partial charge in [0.05, 0.1) is 6.67 Å². The van der Waals surface area contributed by atoms with E-state index in [1.54, 1.807) is 0 Å². The quantitative estimate of drug-likeness (QED) is 0.312. The third-order valence-corrected chi connectivity index (χ3v) is 3.12. The molecule has 1 heterocycles. The lowest BCUT2D eigenvalue weighted by Gasteiger charge is -2.27. The number of nitrogens with one attached hydrogen (secondary N) is 2. The van der Waals surface area contributed by atoms with Gasteiger partial charge in [0, 0.05) is 12.0 Å². The summed E-state index contributed by atoms with van der Waals surface area (Å²) in [7, 11) is 0. The van der Waals surface area contributed by atoms with E-state index in [1.807, 2.05) is 6.07 Å². The number of nitrogens with two attached hydrogens (primary N) is 1. The van der Waals surface area contributed by atoms with Gasteiger partial charge in [-0.1, -0.05) is 19.9 Å². The first-order chi connectivity index (χ1) is 8.63. The number of rotatable bonds is 5. The molecule has 1 aliphatic rings. The van der Waals surface area contributed by atoms with Gasteiger partial charge in [-0.2, -0.15) is 0 Å². The standard InChI is InChI=1S/C13H21N3O2/c1-13(2,8-15-9-16-14)10-3-4-11-12(7-10)18-6-5-17-11/h3-4,7,15-16H,5-6,8-9,14H2,1-2H3. The highest BCUT2D eigenvalue weighted by atomic mass is 16.6. The molecule has 0 aromatic heterocycles. The number of hydrogen-bond acceptors (Lipinski definition) is 5. The molecule has 5 nitrogen and oxygen atoms in total. The highest BCUT2D eigenvalue weighted by Crippen LogP contribution is 2.34. The average Bonchev–Trinajstić information content (AvgIpc) is 2.38. The predicted octanol–water partition coefficient (Wildman–Crippen LogP) is 0.746. The minimum Gasteiger partial charge on any atom is -0.486 e. The molecule has 18 heavy (non-hydrogen) atoms. The van der Waals surface area contributed by atoms with E-state index in [0.717, 1.165) is 18.0 Å². The molecule has 4 N–H and O–H groups in total. The Bertz CT molecular complexity index is 407. The van der Waals surface area contributed by atoms with E-state index < -0.39 is 0 Å². The van der Waals surface area contributed by atoms with Gasteiger partial charge in [0.2, 0.25) is 0 Å². The van der Waals surface area contributed by atoms with Crippen LogP contribution < -0.4 is 26.1 Å². The van der Waals surface area contributed by atoms with E-state index in [2.05, 4.69) is 36.7 Å². The fraction of sp³-hybridized carbons (Fsp3) is 0.538. The first-order valence-corrected chi connectivity index (χ1v) is 6.18. The normalized spacial score (nSPS) is 14.6. The van der Waals surface area contributed by atoms with Crippen molar-refractivity contribution in [3.8, 4) is 11.5 Å². The van der Waals surface area contributed by atoms with Crippen LogP contribution >= 0.6 is 0 Å². The maximum absolute atomic E-state index is 5.61. The highest BCUT2D eigenvalue weighted by Gasteiger charge is 2.22. The van der Waals surface area contributed by atoms with Crippen LogP contribution in [0.25, 0.3) is 0 Å². The summed E-state index contributed by atoms with van der Waals surface area (Å²) in [5.74, 6) is 6.91. The summed E-state index contributed by atoms with van der Waals surface area (Å²) in [5, 5.41) is 3.25. The van der Waals surface area contributed by atoms with Crippen LogP contribution in [0, 0.1) is 0 Å². The van der Waals surface area contributed by atoms with Crippen molar-refractivity contribution in [1.82, 2.24) is 10.7 Å². The number of hydrazine groups is 1. The van der Waals surface area contributed by atoms with E-state index in [4.69, 9.17) is 15.3 Å². The molecule has 0 amide bonds. The van der Waals surface area contributed by atoms with Crippen molar-refractivity contribution < 1.29 is 9.47 Å². The van der Waals surface area contributed by atoms with Gasteiger partial charge in [0.25, 0.3) is 0 Å². The smallest absolute Gasteiger partial charge is 0.161 e. The summed E-state index contributed by atoms with van der Waals surface area (Å²) in [4.78, 5) is 0. The van der Waals surface area contributed by atoms with Crippen LogP contribution in [0.4, 0.5) is 0 Å². The van der Waals surface area contributed by atoms with Crippen LogP contribution in [0.3, 0.4) is 0 Å². The highest BCUT2D eigenvalue weighted by molar-refractivity contribution is 5.45. The minimum absolute atomic E-state index is 0.00663. The fourth-order valence-corrected chi connectivity index (χ4v) is 2.01. The maximum Gasteiger partial charge on any atom is 0.161 e. The summed E-state index contributed by atoms with van der Waals surface area (Å²) in [6, 6.07) is 6.13. The van der Waals surface area contributed by atoms with Crippen LogP contribution in [0.2, 0.25) is 0 Å². The Balaban J connectivity index is 2.11. The monoisotopic (exact) mass is 251 g/mol.